The second kappa shape index (κ2) is 5.82. The number of rotatable bonds is 3. The van der Waals surface area contributed by atoms with Crippen molar-refractivity contribution < 1.29 is 8.83 Å². The average molecular weight is 323 g/mol. The number of fused-ring (bicyclic) bond motifs is 1. The number of hydrogen-bond acceptors (Lipinski definition) is 5. The highest BCUT2D eigenvalue weighted by molar-refractivity contribution is 5.57. The van der Waals surface area contributed by atoms with Crippen LogP contribution in [0.25, 0.3) is 11.5 Å². The lowest BCUT2D eigenvalue weighted by molar-refractivity contribution is 0.486. The van der Waals surface area contributed by atoms with E-state index in [-0.39, 0.29) is 0 Å². The minimum Gasteiger partial charge on any atom is -0.466 e. The van der Waals surface area contributed by atoms with Crippen molar-refractivity contribution in [3.8, 4) is 11.5 Å². The quantitative estimate of drug-likeness (QED) is 0.723. The van der Waals surface area contributed by atoms with Crippen molar-refractivity contribution in [3.63, 3.8) is 0 Å². The van der Waals surface area contributed by atoms with Crippen molar-refractivity contribution in [1.82, 2.24) is 10.2 Å². The van der Waals surface area contributed by atoms with Gasteiger partial charge in [-0.25, -0.2) is 0 Å². The lowest BCUT2D eigenvalue weighted by atomic mass is 10.00. The second-order valence-corrected chi connectivity index (χ2v) is 6.49. The average Bonchev–Trinajstić information content (AvgIpc) is 3.13. The van der Waals surface area contributed by atoms with Crippen LogP contribution in [0.15, 0.2) is 33.1 Å². The Morgan fingerprint density at radius 2 is 1.96 bits per heavy atom. The fourth-order valence-electron chi connectivity index (χ4n) is 3.40. The summed E-state index contributed by atoms with van der Waals surface area (Å²) in [6.07, 6.45) is 2.29. The van der Waals surface area contributed by atoms with Gasteiger partial charge >= 0.3 is 0 Å². The van der Waals surface area contributed by atoms with Crippen LogP contribution in [-0.4, -0.2) is 16.7 Å². The number of aromatic nitrogens is 2. The highest BCUT2D eigenvalue weighted by atomic mass is 16.4. The molecule has 0 fully saturated rings. The Morgan fingerprint density at radius 1 is 1.08 bits per heavy atom. The van der Waals surface area contributed by atoms with E-state index in [9.17, 15) is 0 Å². The van der Waals surface area contributed by atoms with Gasteiger partial charge in [-0.2, -0.15) is 0 Å². The molecule has 5 heteroatoms. The van der Waals surface area contributed by atoms with Gasteiger partial charge in [-0.1, -0.05) is 17.7 Å². The van der Waals surface area contributed by atoms with Gasteiger partial charge in [-0.15, -0.1) is 10.2 Å². The third kappa shape index (κ3) is 2.70. The molecule has 5 nitrogen and oxygen atoms in total. The maximum absolute atomic E-state index is 5.88. The van der Waals surface area contributed by atoms with E-state index < -0.39 is 0 Å². The van der Waals surface area contributed by atoms with Crippen LogP contribution >= 0.6 is 0 Å². The van der Waals surface area contributed by atoms with Crippen molar-refractivity contribution in [2.45, 2.75) is 40.2 Å². The molecule has 3 heterocycles. The Labute approximate surface area is 141 Å². The molecule has 0 aliphatic carbocycles. The van der Waals surface area contributed by atoms with Crippen LogP contribution in [0.2, 0.25) is 0 Å². The fraction of sp³-hybridized carbons (Fsp3) is 0.368. The maximum Gasteiger partial charge on any atom is 0.251 e. The van der Waals surface area contributed by atoms with Gasteiger partial charge in [-0.05, 0) is 51.3 Å². The van der Waals surface area contributed by atoms with Gasteiger partial charge in [-0.3, -0.25) is 0 Å². The molecule has 3 aromatic rings. The summed E-state index contributed by atoms with van der Waals surface area (Å²) in [6.45, 7) is 7.62. The molecule has 0 amide bonds. The Hall–Kier alpha value is -2.56. The van der Waals surface area contributed by atoms with E-state index >= 15 is 0 Å². The van der Waals surface area contributed by atoms with E-state index in [1.165, 1.54) is 16.8 Å². The first-order valence-electron chi connectivity index (χ1n) is 8.34. The van der Waals surface area contributed by atoms with Crippen molar-refractivity contribution >= 4 is 5.69 Å². The minimum atomic E-state index is 0.528. The topological polar surface area (TPSA) is 55.3 Å². The van der Waals surface area contributed by atoms with E-state index in [1.807, 2.05) is 19.9 Å². The molecule has 1 aliphatic heterocycles. The van der Waals surface area contributed by atoms with Crippen molar-refractivity contribution in [1.29, 1.82) is 0 Å². The minimum absolute atomic E-state index is 0.528. The van der Waals surface area contributed by atoms with Gasteiger partial charge < -0.3 is 13.7 Å². The molecule has 4 rings (SSSR count). The number of furan rings is 1. The van der Waals surface area contributed by atoms with Crippen LogP contribution in [0.4, 0.5) is 5.69 Å². The van der Waals surface area contributed by atoms with E-state index in [0.717, 1.165) is 36.5 Å². The first kappa shape index (κ1) is 15.0. The van der Waals surface area contributed by atoms with Gasteiger partial charge in [0.05, 0.1) is 12.1 Å². The molecule has 1 aromatic carbocycles. The summed E-state index contributed by atoms with van der Waals surface area (Å²) in [5.74, 6) is 2.82. The van der Waals surface area contributed by atoms with Crippen LogP contribution in [0.1, 0.15) is 35.0 Å². The molecule has 124 valence electrons. The van der Waals surface area contributed by atoms with E-state index in [2.05, 4.69) is 40.2 Å². The van der Waals surface area contributed by atoms with E-state index in [1.54, 1.807) is 0 Å². The molecule has 1 aliphatic rings. The zero-order valence-corrected chi connectivity index (χ0v) is 14.3. The Morgan fingerprint density at radius 3 is 2.75 bits per heavy atom. The highest BCUT2D eigenvalue weighted by Crippen LogP contribution is 2.30. The first-order chi connectivity index (χ1) is 11.6. The van der Waals surface area contributed by atoms with Crippen molar-refractivity contribution in [3.05, 3.63) is 52.8 Å². The van der Waals surface area contributed by atoms with Gasteiger partial charge in [0, 0.05) is 12.2 Å². The van der Waals surface area contributed by atoms with Gasteiger partial charge in [0.1, 0.15) is 11.5 Å². The summed E-state index contributed by atoms with van der Waals surface area (Å²) in [7, 11) is 0. The molecule has 0 N–H and O–H groups in total. The molecule has 2 aromatic heterocycles. The number of anilines is 1. The molecule has 0 atom stereocenters. The summed E-state index contributed by atoms with van der Waals surface area (Å²) in [5, 5.41) is 8.42. The van der Waals surface area contributed by atoms with Crippen LogP contribution in [0.3, 0.4) is 0 Å². The zero-order chi connectivity index (χ0) is 16.7. The number of nitrogens with zero attached hydrogens (tertiary/aromatic N) is 3. The lowest BCUT2D eigenvalue weighted by Crippen LogP contribution is -2.29. The normalized spacial score (nSPS) is 14.0. The summed E-state index contributed by atoms with van der Waals surface area (Å²) >= 11 is 0. The summed E-state index contributed by atoms with van der Waals surface area (Å²) in [5.41, 5.74) is 4.87. The third-order valence-electron chi connectivity index (χ3n) is 4.51. The van der Waals surface area contributed by atoms with Crippen LogP contribution < -0.4 is 4.90 Å². The van der Waals surface area contributed by atoms with E-state index in [4.69, 9.17) is 8.83 Å². The van der Waals surface area contributed by atoms with Gasteiger partial charge in [0.15, 0.2) is 0 Å². The van der Waals surface area contributed by atoms with Crippen LogP contribution in [-0.2, 0) is 13.0 Å². The molecular weight excluding hydrogens is 302 g/mol. The molecule has 0 saturated heterocycles. The monoisotopic (exact) mass is 323 g/mol. The third-order valence-corrected chi connectivity index (χ3v) is 4.51. The van der Waals surface area contributed by atoms with E-state index in [0.29, 0.717) is 18.3 Å². The Balaban J connectivity index is 1.58. The van der Waals surface area contributed by atoms with Gasteiger partial charge in [0.2, 0.25) is 5.89 Å². The molecular formula is C19H21N3O2. The van der Waals surface area contributed by atoms with Crippen molar-refractivity contribution in [2.75, 3.05) is 11.4 Å². The standard InChI is InChI=1S/C19H21N3O2/c1-12-6-7-17-15(9-12)5-4-8-22(17)11-18-20-21-19(24-18)16-10-13(2)23-14(16)3/h6-7,9-10H,4-5,8,11H2,1-3H3. The molecule has 24 heavy (non-hydrogen) atoms. The molecule has 0 saturated carbocycles. The largest absolute Gasteiger partial charge is 0.466 e. The van der Waals surface area contributed by atoms with Gasteiger partial charge in [0.25, 0.3) is 5.89 Å². The number of benzene rings is 1. The predicted octanol–water partition coefficient (Wildman–Crippen LogP) is 4.21. The molecule has 0 radical (unpaired) electrons. The maximum atomic E-state index is 5.88. The second-order valence-electron chi connectivity index (χ2n) is 6.49. The Bertz CT molecular complexity index is 879. The van der Waals surface area contributed by atoms with Crippen LogP contribution in [0, 0.1) is 20.8 Å². The number of hydrogen-bond donors (Lipinski definition) is 0. The molecule has 0 unspecified atom stereocenters. The van der Waals surface area contributed by atoms with Crippen LogP contribution in [0.5, 0.6) is 0 Å². The summed E-state index contributed by atoms with van der Waals surface area (Å²) in [6, 6.07) is 8.57. The van der Waals surface area contributed by atoms with Crippen molar-refractivity contribution in [2.24, 2.45) is 0 Å². The predicted molar refractivity (Wildman–Crippen MR) is 92.0 cm³/mol. The first-order valence-corrected chi connectivity index (χ1v) is 8.34. The smallest absolute Gasteiger partial charge is 0.251 e. The summed E-state index contributed by atoms with van der Waals surface area (Å²) in [4.78, 5) is 2.32. The fourth-order valence-corrected chi connectivity index (χ4v) is 3.40. The molecule has 0 spiro atoms. The number of aryl methyl sites for hydroxylation is 4. The highest BCUT2D eigenvalue weighted by Gasteiger charge is 2.20. The lowest BCUT2D eigenvalue weighted by Gasteiger charge is -2.30. The summed E-state index contributed by atoms with van der Waals surface area (Å²) < 4.78 is 11.4. The SMILES string of the molecule is Cc1ccc2c(c1)CCCN2Cc1nnc(-c2cc(C)oc2C)o1. The molecule has 0 bridgehead atoms. The Kier molecular flexibility index (Phi) is 3.63. The zero-order valence-electron chi connectivity index (χ0n) is 14.3.